The molecule has 0 atom stereocenters. The smallest absolute Gasteiger partial charge is 0.109 e. The van der Waals surface area contributed by atoms with E-state index in [0.717, 1.165) is 86.7 Å². The zero-order chi connectivity index (χ0) is 57.8. The highest BCUT2D eigenvalue weighted by Gasteiger charge is 2.49. The van der Waals surface area contributed by atoms with Crippen LogP contribution in [0.2, 0.25) is 0 Å². The molecule has 0 unspecified atom stereocenters. The molecule has 0 amide bonds. The van der Waals surface area contributed by atoms with Crippen molar-refractivity contribution in [3.63, 3.8) is 0 Å². The Balaban J connectivity index is 1.02. The zero-order valence-electron chi connectivity index (χ0n) is 46.9. The van der Waals surface area contributed by atoms with Crippen LogP contribution in [0.4, 0.5) is 0 Å². The lowest BCUT2D eigenvalue weighted by Gasteiger charge is -2.34. The second kappa shape index (κ2) is 19.6. The third-order valence-corrected chi connectivity index (χ3v) is 19.8. The molecule has 0 spiro atoms. The van der Waals surface area contributed by atoms with Crippen LogP contribution in [0.5, 0.6) is 0 Å². The number of nitriles is 2. The Kier molecular flexibility index (Phi) is 11.3. The summed E-state index contributed by atoms with van der Waals surface area (Å²) in [6.45, 7) is 0. The van der Waals surface area contributed by atoms with Crippen LogP contribution in [0.15, 0.2) is 291 Å². The van der Waals surface area contributed by atoms with Crippen molar-refractivity contribution in [2.24, 2.45) is 0 Å². The predicted octanol–water partition coefficient (Wildman–Crippen LogP) is 20.3. The summed E-state index contributed by atoms with van der Waals surface area (Å²) in [5.74, 6) is 0. The third kappa shape index (κ3) is 7.28. The van der Waals surface area contributed by atoms with Gasteiger partial charge in [-0.05, 0) is 136 Å². The average Bonchev–Trinajstić information content (AvgIpc) is 1.69. The van der Waals surface area contributed by atoms with E-state index in [1.165, 1.54) is 66.8 Å². The Morgan fingerprint density at radius 3 is 0.966 bits per heavy atom. The second-order valence-electron chi connectivity index (χ2n) is 22.8. The summed E-state index contributed by atoms with van der Waals surface area (Å²) in [4.78, 5) is 14.3. The van der Waals surface area contributed by atoms with E-state index >= 15 is 0 Å². The van der Waals surface area contributed by atoms with Crippen LogP contribution in [0.25, 0.3) is 109 Å². The van der Waals surface area contributed by atoms with Crippen molar-refractivity contribution in [1.82, 2.24) is 9.97 Å². The number of nitrogens with zero attached hydrogens (tertiary/aromatic N) is 4. The Morgan fingerprint density at radius 2 is 0.598 bits per heavy atom. The maximum Gasteiger partial charge on any atom is 0.109 e. The van der Waals surface area contributed by atoms with E-state index in [0.29, 0.717) is 11.1 Å². The molecule has 2 aliphatic carbocycles. The number of hydrogen-bond donors (Lipinski definition) is 0. The van der Waals surface area contributed by atoms with Crippen LogP contribution in [0.3, 0.4) is 0 Å². The van der Waals surface area contributed by atoms with Crippen molar-refractivity contribution < 1.29 is 0 Å². The molecule has 0 saturated heterocycles. The molecule has 0 fully saturated rings. The molecule has 0 radical (unpaired) electrons. The fraction of sp³-hybridized carbons (Fsp3) is 0.0244. The first-order valence-electron chi connectivity index (χ1n) is 29.4. The van der Waals surface area contributed by atoms with Gasteiger partial charge in [-0.1, -0.05) is 255 Å². The fourth-order valence-electron chi connectivity index (χ4n) is 14.8. The largest absolute Gasteiger partial charge is 0.242 e. The number of thiophene rings is 1. The van der Waals surface area contributed by atoms with E-state index in [9.17, 15) is 10.5 Å². The molecule has 0 aliphatic heterocycles. The van der Waals surface area contributed by atoms with Gasteiger partial charge in [-0.2, -0.15) is 10.5 Å². The Bertz CT molecular complexity index is 4970. The first-order chi connectivity index (χ1) is 43.1. The minimum atomic E-state index is -0.621. The van der Waals surface area contributed by atoms with Crippen molar-refractivity contribution in [3.8, 4) is 77.5 Å². The van der Waals surface area contributed by atoms with Gasteiger partial charge in [-0.15, -0.1) is 11.3 Å². The SMILES string of the molecule is N#Cc1ccc(-c2ccc3c4ccc(-c5ccc(C#N)cc5)cc4c4nc5c(-c6cccc7c6-c6ccccc6C7(c6ccccc6)c6ccccc6)sc(-c6cccc7c6-c6ccccc6C7(c6ccccc6)c6ccccc6)c5nc4c3c2)cc1. The lowest BCUT2D eigenvalue weighted by molar-refractivity contribution is 0.768. The van der Waals surface area contributed by atoms with Crippen LogP contribution in [0, 0.1) is 22.7 Å². The predicted molar refractivity (Wildman–Crippen MR) is 356 cm³/mol. The molecule has 87 heavy (non-hydrogen) atoms. The summed E-state index contributed by atoms with van der Waals surface area (Å²) in [5.41, 5.74) is 24.0. The van der Waals surface area contributed by atoms with E-state index in [1.807, 2.05) is 48.5 Å². The number of rotatable bonds is 8. The molecular weight excluding hydrogens is 1070 g/mol. The van der Waals surface area contributed by atoms with Crippen LogP contribution >= 0.6 is 11.3 Å². The maximum absolute atomic E-state index is 9.80. The van der Waals surface area contributed by atoms with Gasteiger partial charge < -0.3 is 0 Å². The number of aromatic nitrogens is 2. The first-order valence-corrected chi connectivity index (χ1v) is 30.2. The van der Waals surface area contributed by atoms with E-state index < -0.39 is 10.8 Å². The average molecular weight is 1120 g/mol. The van der Waals surface area contributed by atoms with Crippen molar-refractivity contribution >= 4 is 54.9 Å². The van der Waals surface area contributed by atoms with Gasteiger partial charge in [0.05, 0.1) is 54.9 Å². The Labute approximate surface area is 507 Å². The van der Waals surface area contributed by atoms with E-state index in [-0.39, 0.29) is 0 Å². The van der Waals surface area contributed by atoms with E-state index in [2.05, 4.69) is 255 Å². The molecule has 2 heterocycles. The summed E-state index contributed by atoms with van der Waals surface area (Å²) in [7, 11) is 0. The standard InChI is InChI=1S/C82H48N4S/c83-49-51-35-39-53(40-36-51)55-43-45-61-62-46-44-56(54-41-37-52(50-84)38-42-54)48-68(62)76-75(67(61)47-55)85-77-78(86-76)80(66-30-18-34-72-74(66)64-28-14-16-32-70(64)82(72,59-23-9-3-10-24-59)60-25-11-4-12-26-60)87-79(77)65-29-17-33-71-73(65)63-27-13-15-31-69(63)81(71,57-19-5-1-6-20-57)58-21-7-2-8-22-58/h1-48H. The normalized spacial score (nSPS) is 13.2. The Hall–Kier alpha value is -11.3. The highest BCUT2D eigenvalue weighted by Crippen LogP contribution is 2.62. The molecule has 4 nitrogen and oxygen atoms in total. The minimum Gasteiger partial charge on any atom is -0.242 e. The number of hydrogen-bond acceptors (Lipinski definition) is 5. The van der Waals surface area contributed by atoms with Crippen molar-refractivity contribution in [2.45, 2.75) is 10.8 Å². The van der Waals surface area contributed by atoms with E-state index in [1.54, 1.807) is 11.3 Å². The summed E-state index contributed by atoms with van der Waals surface area (Å²) in [5, 5.41) is 23.7. The Morgan fingerprint density at radius 1 is 0.276 bits per heavy atom. The lowest BCUT2D eigenvalue weighted by Crippen LogP contribution is -2.28. The van der Waals surface area contributed by atoms with E-state index in [4.69, 9.17) is 9.97 Å². The van der Waals surface area contributed by atoms with Crippen LogP contribution in [-0.2, 0) is 10.8 Å². The highest BCUT2D eigenvalue weighted by atomic mass is 32.1. The van der Waals surface area contributed by atoms with Crippen molar-refractivity contribution in [3.05, 3.63) is 347 Å². The topological polar surface area (TPSA) is 73.4 Å². The highest BCUT2D eigenvalue weighted by molar-refractivity contribution is 7.21. The fourth-order valence-corrected chi connectivity index (χ4v) is 16.1. The molecule has 2 aromatic heterocycles. The molecular formula is C82H48N4S. The summed E-state index contributed by atoms with van der Waals surface area (Å²) in [6, 6.07) is 109. The molecule has 13 aromatic carbocycles. The summed E-state index contributed by atoms with van der Waals surface area (Å²) in [6.07, 6.45) is 0. The quantitative estimate of drug-likeness (QED) is 0.142. The zero-order valence-corrected chi connectivity index (χ0v) is 47.7. The summed E-state index contributed by atoms with van der Waals surface area (Å²) >= 11 is 1.79. The van der Waals surface area contributed by atoms with Gasteiger partial charge in [0.15, 0.2) is 0 Å². The molecule has 0 N–H and O–H groups in total. The number of fused-ring (bicyclic) bond motifs is 13. The molecule has 0 saturated carbocycles. The van der Waals surface area contributed by atoms with Crippen LogP contribution in [0.1, 0.15) is 55.6 Å². The van der Waals surface area contributed by atoms with Crippen molar-refractivity contribution in [1.29, 1.82) is 10.5 Å². The molecule has 2 aliphatic rings. The van der Waals surface area contributed by atoms with Gasteiger partial charge in [0.25, 0.3) is 0 Å². The molecule has 402 valence electrons. The van der Waals surface area contributed by atoms with Gasteiger partial charge in [-0.25, -0.2) is 9.97 Å². The lowest BCUT2D eigenvalue weighted by atomic mass is 9.67. The van der Waals surface area contributed by atoms with Gasteiger partial charge in [0.1, 0.15) is 11.0 Å². The van der Waals surface area contributed by atoms with Gasteiger partial charge in [-0.3, -0.25) is 0 Å². The minimum absolute atomic E-state index is 0.612. The number of benzene rings is 13. The monoisotopic (exact) mass is 1120 g/mol. The molecule has 17 rings (SSSR count). The molecule has 5 heteroatoms. The van der Waals surface area contributed by atoms with Crippen LogP contribution < -0.4 is 0 Å². The van der Waals surface area contributed by atoms with Crippen LogP contribution in [-0.4, -0.2) is 9.97 Å². The molecule has 0 bridgehead atoms. The maximum atomic E-state index is 9.80. The van der Waals surface area contributed by atoms with Crippen molar-refractivity contribution in [2.75, 3.05) is 0 Å². The summed E-state index contributed by atoms with van der Waals surface area (Å²) < 4.78 is 0. The third-order valence-electron chi connectivity index (χ3n) is 18.5. The van der Waals surface area contributed by atoms with Gasteiger partial charge >= 0.3 is 0 Å². The first kappa shape index (κ1) is 50.2. The van der Waals surface area contributed by atoms with Gasteiger partial charge in [0, 0.05) is 21.9 Å². The van der Waals surface area contributed by atoms with Gasteiger partial charge in [0.2, 0.25) is 0 Å². The molecule has 15 aromatic rings. The second-order valence-corrected chi connectivity index (χ2v) is 23.8.